The number of hydrogen-bond acceptors (Lipinski definition) is 5. The Kier molecular flexibility index (Phi) is 3.49. The van der Waals surface area contributed by atoms with E-state index in [1.807, 2.05) is 25.1 Å². The van der Waals surface area contributed by atoms with E-state index in [9.17, 15) is 4.79 Å². The molecule has 2 aromatic heterocycles. The molecule has 0 saturated heterocycles. The molecule has 0 saturated carbocycles. The maximum absolute atomic E-state index is 11.4. The number of carbonyl (C=O) groups excluding carboxylic acids is 1. The molecule has 0 radical (unpaired) electrons. The molecule has 17 heavy (non-hydrogen) atoms. The highest BCUT2D eigenvalue weighted by Gasteiger charge is 2.15. The van der Waals surface area contributed by atoms with Gasteiger partial charge in [-0.2, -0.15) is 0 Å². The number of methoxy groups -OCH3 is 1. The zero-order valence-corrected chi connectivity index (χ0v) is 10.5. The molecule has 0 aliphatic carbocycles. The van der Waals surface area contributed by atoms with Crippen LogP contribution in [0.5, 0.6) is 0 Å². The number of carbonyl (C=O) groups is 1. The summed E-state index contributed by atoms with van der Waals surface area (Å²) in [7, 11) is 1.37. The summed E-state index contributed by atoms with van der Waals surface area (Å²) in [6.07, 6.45) is 2.39. The third-order valence-corrected chi connectivity index (χ3v) is 3.41. The Morgan fingerprint density at radius 3 is 2.94 bits per heavy atom. The number of pyridine rings is 1. The van der Waals surface area contributed by atoms with Gasteiger partial charge in [0, 0.05) is 18.3 Å². The molecule has 0 amide bonds. The number of esters is 1. The van der Waals surface area contributed by atoms with Crippen molar-refractivity contribution >= 4 is 17.3 Å². The lowest BCUT2D eigenvalue weighted by Gasteiger charge is -1.95. The van der Waals surface area contributed by atoms with E-state index in [0.29, 0.717) is 17.0 Å². The van der Waals surface area contributed by atoms with Gasteiger partial charge in [-0.15, -0.1) is 11.3 Å². The van der Waals surface area contributed by atoms with Gasteiger partial charge in [-0.25, -0.2) is 9.78 Å². The highest BCUT2D eigenvalue weighted by atomic mass is 32.1. The van der Waals surface area contributed by atoms with Crippen LogP contribution >= 0.6 is 11.3 Å². The van der Waals surface area contributed by atoms with Gasteiger partial charge in [0.1, 0.15) is 4.88 Å². The maximum Gasteiger partial charge on any atom is 0.349 e. The summed E-state index contributed by atoms with van der Waals surface area (Å²) in [5.74, 6) is -0.327. The highest BCUT2D eigenvalue weighted by Crippen LogP contribution is 2.20. The molecular weight excluding hydrogens is 236 g/mol. The fourth-order valence-corrected chi connectivity index (χ4v) is 2.47. The number of aromatic nitrogens is 2. The van der Waals surface area contributed by atoms with Crippen molar-refractivity contribution in [3.8, 4) is 0 Å². The number of nitrogens with zero attached hydrogens (tertiary/aromatic N) is 2. The van der Waals surface area contributed by atoms with Gasteiger partial charge >= 0.3 is 5.97 Å². The predicted octanol–water partition coefficient (Wildman–Crippen LogP) is 2.22. The normalized spacial score (nSPS) is 10.2. The van der Waals surface area contributed by atoms with E-state index < -0.39 is 0 Å². The van der Waals surface area contributed by atoms with E-state index in [0.717, 1.165) is 10.7 Å². The Bertz CT molecular complexity index is 523. The van der Waals surface area contributed by atoms with Crippen LogP contribution in [0.3, 0.4) is 0 Å². The topological polar surface area (TPSA) is 52.1 Å². The van der Waals surface area contributed by atoms with Crippen LogP contribution in [0.4, 0.5) is 0 Å². The third-order valence-electron chi connectivity index (χ3n) is 2.27. The molecule has 0 spiro atoms. The Balaban J connectivity index is 2.21. The fraction of sp³-hybridized carbons (Fsp3) is 0.250. The van der Waals surface area contributed by atoms with Crippen LogP contribution in [0.2, 0.25) is 0 Å². The minimum absolute atomic E-state index is 0.327. The van der Waals surface area contributed by atoms with Crippen molar-refractivity contribution in [1.82, 2.24) is 9.97 Å². The molecule has 0 N–H and O–H groups in total. The molecule has 88 valence electrons. The summed E-state index contributed by atoms with van der Waals surface area (Å²) in [6, 6.07) is 5.75. The number of rotatable bonds is 3. The molecule has 2 rings (SSSR count). The summed E-state index contributed by atoms with van der Waals surface area (Å²) in [4.78, 5) is 20.6. The van der Waals surface area contributed by atoms with E-state index >= 15 is 0 Å². The molecule has 0 aromatic carbocycles. The van der Waals surface area contributed by atoms with Gasteiger partial charge in [-0.3, -0.25) is 4.98 Å². The second kappa shape index (κ2) is 5.05. The fourth-order valence-electron chi connectivity index (χ4n) is 1.47. The molecule has 0 aliphatic rings. The number of hydrogen-bond donors (Lipinski definition) is 0. The van der Waals surface area contributed by atoms with Crippen LogP contribution in [0.15, 0.2) is 24.4 Å². The van der Waals surface area contributed by atoms with Crippen molar-refractivity contribution in [2.75, 3.05) is 7.11 Å². The lowest BCUT2D eigenvalue weighted by Crippen LogP contribution is -1.99. The van der Waals surface area contributed by atoms with E-state index in [1.54, 1.807) is 6.20 Å². The first-order valence-electron chi connectivity index (χ1n) is 5.15. The van der Waals surface area contributed by atoms with Crippen molar-refractivity contribution < 1.29 is 9.53 Å². The number of thiazole rings is 1. The molecule has 2 aromatic rings. The lowest BCUT2D eigenvalue weighted by atomic mass is 10.3. The summed E-state index contributed by atoms with van der Waals surface area (Å²) in [5, 5.41) is 0.876. The second-order valence-electron chi connectivity index (χ2n) is 3.51. The molecule has 5 heteroatoms. The zero-order valence-electron chi connectivity index (χ0n) is 9.64. The first-order chi connectivity index (χ1) is 8.20. The molecule has 2 heterocycles. The lowest BCUT2D eigenvalue weighted by molar-refractivity contribution is 0.0605. The van der Waals surface area contributed by atoms with Crippen molar-refractivity contribution in [2.45, 2.75) is 13.3 Å². The van der Waals surface area contributed by atoms with Crippen LogP contribution in [0.25, 0.3) is 0 Å². The average molecular weight is 248 g/mol. The quantitative estimate of drug-likeness (QED) is 0.781. The minimum Gasteiger partial charge on any atom is -0.465 e. The number of aryl methyl sites for hydroxylation is 1. The zero-order chi connectivity index (χ0) is 12.3. The van der Waals surface area contributed by atoms with Gasteiger partial charge in [-0.05, 0) is 19.1 Å². The average Bonchev–Trinajstić information content (AvgIpc) is 2.70. The van der Waals surface area contributed by atoms with Crippen molar-refractivity contribution in [3.05, 3.63) is 45.7 Å². The Hall–Kier alpha value is -1.75. The summed E-state index contributed by atoms with van der Waals surface area (Å²) in [6.45, 7) is 1.81. The minimum atomic E-state index is -0.327. The molecule has 0 atom stereocenters. The second-order valence-corrected chi connectivity index (χ2v) is 4.60. The van der Waals surface area contributed by atoms with E-state index in [1.165, 1.54) is 18.4 Å². The van der Waals surface area contributed by atoms with Crippen LogP contribution in [-0.2, 0) is 11.2 Å². The van der Waals surface area contributed by atoms with Crippen LogP contribution in [0, 0.1) is 6.92 Å². The Morgan fingerprint density at radius 1 is 1.47 bits per heavy atom. The smallest absolute Gasteiger partial charge is 0.349 e. The van der Waals surface area contributed by atoms with Gasteiger partial charge in [0.25, 0.3) is 0 Å². The Morgan fingerprint density at radius 2 is 2.29 bits per heavy atom. The van der Waals surface area contributed by atoms with Crippen molar-refractivity contribution in [2.24, 2.45) is 0 Å². The SMILES string of the molecule is COC(=O)c1sc(Cc2ccccn2)nc1C. The molecule has 0 unspecified atom stereocenters. The first-order valence-corrected chi connectivity index (χ1v) is 5.97. The van der Waals surface area contributed by atoms with Gasteiger partial charge < -0.3 is 4.74 Å². The standard InChI is InChI=1S/C12H12N2O2S/c1-8-11(12(15)16-2)17-10(14-8)7-9-5-3-4-6-13-9/h3-6H,7H2,1-2H3. The van der Waals surface area contributed by atoms with Gasteiger partial charge in [0.15, 0.2) is 0 Å². The van der Waals surface area contributed by atoms with Crippen LogP contribution < -0.4 is 0 Å². The summed E-state index contributed by atoms with van der Waals surface area (Å²) < 4.78 is 4.70. The summed E-state index contributed by atoms with van der Waals surface area (Å²) >= 11 is 1.36. The van der Waals surface area contributed by atoms with Gasteiger partial charge in [0.2, 0.25) is 0 Å². The monoisotopic (exact) mass is 248 g/mol. The molecule has 0 aliphatic heterocycles. The van der Waals surface area contributed by atoms with E-state index in [2.05, 4.69) is 9.97 Å². The Labute approximate surface area is 103 Å². The molecule has 0 fully saturated rings. The third kappa shape index (κ3) is 2.68. The largest absolute Gasteiger partial charge is 0.465 e. The van der Waals surface area contributed by atoms with Crippen molar-refractivity contribution in [1.29, 1.82) is 0 Å². The van der Waals surface area contributed by atoms with E-state index in [4.69, 9.17) is 4.74 Å². The van der Waals surface area contributed by atoms with Crippen LogP contribution in [0.1, 0.15) is 26.1 Å². The summed E-state index contributed by atoms with van der Waals surface area (Å²) in [5.41, 5.74) is 1.66. The predicted molar refractivity (Wildman–Crippen MR) is 65.2 cm³/mol. The number of ether oxygens (including phenoxy) is 1. The van der Waals surface area contributed by atoms with Crippen LogP contribution in [-0.4, -0.2) is 23.0 Å². The van der Waals surface area contributed by atoms with Gasteiger partial charge in [-0.1, -0.05) is 6.07 Å². The molecule has 0 bridgehead atoms. The highest BCUT2D eigenvalue weighted by molar-refractivity contribution is 7.13. The van der Waals surface area contributed by atoms with Gasteiger partial charge in [0.05, 0.1) is 17.8 Å². The van der Waals surface area contributed by atoms with E-state index in [-0.39, 0.29) is 5.97 Å². The first kappa shape index (κ1) is 11.7. The molecule has 4 nitrogen and oxygen atoms in total. The molecular formula is C12H12N2O2S. The van der Waals surface area contributed by atoms with Crippen molar-refractivity contribution in [3.63, 3.8) is 0 Å². The maximum atomic E-state index is 11.4.